The van der Waals surface area contributed by atoms with Crippen LogP contribution in [0.4, 0.5) is 0 Å². The van der Waals surface area contributed by atoms with Crippen LogP contribution in [0.2, 0.25) is 0 Å². The second-order valence-corrected chi connectivity index (χ2v) is 6.81. The summed E-state index contributed by atoms with van der Waals surface area (Å²) in [5, 5.41) is 16.4. The van der Waals surface area contributed by atoms with Gasteiger partial charge in [-0.25, -0.2) is 0 Å². The summed E-state index contributed by atoms with van der Waals surface area (Å²) in [6.07, 6.45) is 6.90. The van der Waals surface area contributed by atoms with Crippen LogP contribution in [0, 0.1) is 0 Å². The number of rotatable bonds is 5. The van der Waals surface area contributed by atoms with Gasteiger partial charge < -0.3 is 14.8 Å². The molecule has 134 valence electrons. The highest BCUT2D eigenvalue weighted by molar-refractivity contribution is 5.49. The smallest absolute Gasteiger partial charge is 0.176 e. The lowest BCUT2D eigenvalue weighted by molar-refractivity contribution is 0.171. The second kappa shape index (κ2) is 7.00. The molecule has 2 heterocycles. The Morgan fingerprint density at radius 2 is 1.92 bits per heavy atom. The van der Waals surface area contributed by atoms with E-state index in [0.717, 1.165) is 48.8 Å². The highest BCUT2D eigenvalue weighted by Gasteiger charge is 2.38. The lowest BCUT2D eigenvalue weighted by atomic mass is 9.80. The molecule has 7 heteroatoms. The lowest BCUT2D eigenvalue weighted by Crippen LogP contribution is -2.46. The molecule has 1 saturated carbocycles. The molecule has 1 aromatic carbocycles. The summed E-state index contributed by atoms with van der Waals surface area (Å²) in [5.74, 6) is 2.43. The minimum absolute atomic E-state index is 0.148. The van der Waals surface area contributed by atoms with E-state index in [2.05, 4.69) is 27.8 Å². The first-order valence-electron chi connectivity index (χ1n) is 9.26. The van der Waals surface area contributed by atoms with Gasteiger partial charge in [0.1, 0.15) is 13.2 Å². The van der Waals surface area contributed by atoms with Gasteiger partial charge in [-0.2, -0.15) is 4.68 Å². The van der Waals surface area contributed by atoms with Gasteiger partial charge in [0, 0.05) is 6.07 Å². The summed E-state index contributed by atoms with van der Waals surface area (Å²) in [5.41, 5.74) is 0.762. The summed E-state index contributed by atoms with van der Waals surface area (Å²) in [4.78, 5) is 0. The van der Waals surface area contributed by atoms with Crippen LogP contribution in [-0.2, 0) is 5.54 Å². The fraction of sp³-hybridized carbons (Fsp3) is 0.611. The summed E-state index contributed by atoms with van der Waals surface area (Å²) in [6.45, 7) is 4.31. The van der Waals surface area contributed by atoms with Gasteiger partial charge in [0.15, 0.2) is 17.3 Å². The maximum atomic E-state index is 5.71. The fourth-order valence-corrected chi connectivity index (χ4v) is 3.82. The van der Waals surface area contributed by atoms with Crippen molar-refractivity contribution < 1.29 is 9.47 Å². The molecule has 4 rings (SSSR count). The molecule has 0 spiro atoms. The molecule has 0 atom stereocenters. The SMILES string of the molecule is CCCNC1(c2nnnn2-c2ccc3c(c2)OCCO3)CCCCC1. The summed E-state index contributed by atoms with van der Waals surface area (Å²) in [6, 6.07) is 5.89. The quantitative estimate of drug-likeness (QED) is 0.899. The van der Waals surface area contributed by atoms with Crippen LogP contribution in [0.1, 0.15) is 51.3 Å². The predicted octanol–water partition coefficient (Wildman–Crippen LogP) is 2.59. The molecular formula is C18H25N5O2. The van der Waals surface area contributed by atoms with Crippen molar-refractivity contribution in [3.05, 3.63) is 24.0 Å². The molecule has 1 N–H and O–H groups in total. The van der Waals surface area contributed by atoms with Crippen LogP contribution in [0.3, 0.4) is 0 Å². The summed E-state index contributed by atoms with van der Waals surface area (Å²) in [7, 11) is 0. The first-order valence-corrected chi connectivity index (χ1v) is 9.26. The van der Waals surface area contributed by atoms with Crippen molar-refractivity contribution in [2.24, 2.45) is 0 Å². The van der Waals surface area contributed by atoms with Crippen molar-refractivity contribution in [3.63, 3.8) is 0 Å². The monoisotopic (exact) mass is 343 g/mol. The molecule has 1 aliphatic heterocycles. The molecule has 1 fully saturated rings. The minimum atomic E-state index is -0.148. The molecule has 2 aliphatic rings. The summed E-state index contributed by atoms with van der Waals surface area (Å²) < 4.78 is 13.2. The van der Waals surface area contributed by atoms with E-state index < -0.39 is 0 Å². The third-order valence-corrected chi connectivity index (χ3v) is 5.09. The number of benzene rings is 1. The van der Waals surface area contributed by atoms with Crippen molar-refractivity contribution in [2.75, 3.05) is 19.8 Å². The topological polar surface area (TPSA) is 74.1 Å². The van der Waals surface area contributed by atoms with Crippen LogP contribution in [0.25, 0.3) is 5.69 Å². The maximum absolute atomic E-state index is 5.71. The van der Waals surface area contributed by atoms with Gasteiger partial charge in [0.2, 0.25) is 0 Å². The Morgan fingerprint density at radius 3 is 2.72 bits per heavy atom. The van der Waals surface area contributed by atoms with Crippen LogP contribution >= 0.6 is 0 Å². The number of fused-ring (bicyclic) bond motifs is 1. The minimum Gasteiger partial charge on any atom is -0.486 e. The molecule has 0 bridgehead atoms. The zero-order valence-corrected chi connectivity index (χ0v) is 14.7. The van der Waals surface area contributed by atoms with Crippen molar-refractivity contribution >= 4 is 0 Å². The predicted molar refractivity (Wildman–Crippen MR) is 93.2 cm³/mol. The Morgan fingerprint density at radius 1 is 1.12 bits per heavy atom. The first-order chi connectivity index (χ1) is 12.3. The largest absolute Gasteiger partial charge is 0.486 e. The first kappa shape index (κ1) is 16.3. The highest BCUT2D eigenvalue weighted by atomic mass is 16.6. The molecule has 1 aliphatic carbocycles. The van der Waals surface area contributed by atoms with E-state index in [4.69, 9.17) is 9.47 Å². The molecule has 0 amide bonds. The van der Waals surface area contributed by atoms with E-state index in [0.29, 0.717) is 13.2 Å². The Labute approximate surface area is 147 Å². The standard InChI is InChI=1S/C18H25N5O2/c1-2-10-19-18(8-4-3-5-9-18)17-20-21-22-23(17)14-6-7-15-16(13-14)25-12-11-24-15/h6-7,13,19H,2-5,8-12H2,1H3. The van der Waals surface area contributed by atoms with E-state index in [1.165, 1.54) is 19.3 Å². The van der Waals surface area contributed by atoms with Crippen LogP contribution in [0.5, 0.6) is 11.5 Å². The van der Waals surface area contributed by atoms with Crippen LogP contribution in [0.15, 0.2) is 18.2 Å². The van der Waals surface area contributed by atoms with E-state index in [9.17, 15) is 0 Å². The van der Waals surface area contributed by atoms with Gasteiger partial charge in [-0.15, -0.1) is 5.10 Å². The Balaban J connectivity index is 1.71. The normalized spacial score (nSPS) is 18.9. The van der Waals surface area contributed by atoms with E-state index in [1.54, 1.807) is 0 Å². The Bertz CT molecular complexity index is 724. The maximum Gasteiger partial charge on any atom is 0.176 e. The second-order valence-electron chi connectivity index (χ2n) is 6.81. The fourth-order valence-electron chi connectivity index (χ4n) is 3.82. The number of aromatic nitrogens is 4. The lowest BCUT2D eigenvalue weighted by Gasteiger charge is -2.37. The van der Waals surface area contributed by atoms with Crippen LogP contribution in [-0.4, -0.2) is 40.0 Å². The van der Waals surface area contributed by atoms with Crippen molar-refractivity contribution in [1.82, 2.24) is 25.5 Å². The average molecular weight is 343 g/mol. The molecule has 0 unspecified atom stereocenters. The van der Waals surface area contributed by atoms with Gasteiger partial charge in [-0.3, -0.25) is 0 Å². The molecule has 25 heavy (non-hydrogen) atoms. The van der Waals surface area contributed by atoms with Crippen molar-refractivity contribution in [2.45, 2.75) is 51.0 Å². The molecule has 0 radical (unpaired) electrons. The molecular weight excluding hydrogens is 318 g/mol. The molecule has 7 nitrogen and oxygen atoms in total. The van der Waals surface area contributed by atoms with Gasteiger partial charge in [0.05, 0.1) is 11.2 Å². The third-order valence-electron chi connectivity index (χ3n) is 5.09. The number of hydrogen-bond donors (Lipinski definition) is 1. The molecule has 0 saturated heterocycles. The van der Waals surface area contributed by atoms with Gasteiger partial charge in [-0.1, -0.05) is 26.2 Å². The van der Waals surface area contributed by atoms with E-state index in [-0.39, 0.29) is 5.54 Å². The van der Waals surface area contributed by atoms with Crippen molar-refractivity contribution in [1.29, 1.82) is 0 Å². The summed E-state index contributed by atoms with van der Waals surface area (Å²) >= 11 is 0. The third kappa shape index (κ3) is 3.08. The zero-order chi connectivity index (χ0) is 17.1. The van der Waals surface area contributed by atoms with Crippen molar-refractivity contribution in [3.8, 4) is 17.2 Å². The van der Waals surface area contributed by atoms with E-state index in [1.807, 2.05) is 22.9 Å². The van der Waals surface area contributed by atoms with Gasteiger partial charge in [0.25, 0.3) is 0 Å². The number of hydrogen-bond acceptors (Lipinski definition) is 6. The van der Waals surface area contributed by atoms with Crippen LogP contribution < -0.4 is 14.8 Å². The number of nitrogens with one attached hydrogen (secondary N) is 1. The van der Waals surface area contributed by atoms with Gasteiger partial charge in [-0.05, 0) is 48.4 Å². The molecule has 1 aromatic heterocycles. The number of ether oxygens (including phenoxy) is 2. The Hall–Kier alpha value is -2.15. The number of nitrogens with zero attached hydrogens (tertiary/aromatic N) is 4. The highest BCUT2D eigenvalue weighted by Crippen LogP contribution is 2.38. The zero-order valence-electron chi connectivity index (χ0n) is 14.7. The van der Waals surface area contributed by atoms with Gasteiger partial charge >= 0.3 is 0 Å². The molecule has 2 aromatic rings. The number of tetrazole rings is 1. The Kier molecular flexibility index (Phi) is 4.57. The average Bonchev–Trinajstić information content (AvgIpc) is 3.17. The van der Waals surface area contributed by atoms with E-state index >= 15 is 0 Å².